The molecule has 0 aromatic carbocycles. The van der Waals surface area contributed by atoms with E-state index < -0.39 is 0 Å². The van der Waals surface area contributed by atoms with Crippen LogP contribution in [0.1, 0.15) is 40.0 Å². The van der Waals surface area contributed by atoms with Crippen molar-refractivity contribution in [3.8, 4) is 0 Å². The number of carbonyl (C=O) groups is 1. The van der Waals surface area contributed by atoms with Gasteiger partial charge in [0.25, 0.3) is 0 Å². The second-order valence-electron chi connectivity index (χ2n) is 4.94. The molecule has 3 N–H and O–H groups in total. The summed E-state index contributed by atoms with van der Waals surface area (Å²) >= 11 is 0. The molecule has 1 saturated carbocycles. The van der Waals surface area contributed by atoms with Gasteiger partial charge in [-0.05, 0) is 31.6 Å². The lowest BCUT2D eigenvalue weighted by Crippen LogP contribution is -2.47. The summed E-state index contributed by atoms with van der Waals surface area (Å²) in [5.74, 6) is 5.40. The molecule has 0 spiro atoms. The predicted molar refractivity (Wildman–Crippen MR) is 58.9 cm³/mol. The number of carbonyl (C=O) groups excluding carboxylic acids is 1. The number of nitrogens with one attached hydrogen (secondary N) is 1. The van der Waals surface area contributed by atoms with Crippen molar-refractivity contribution in [2.45, 2.75) is 46.1 Å². The molecule has 0 amide bonds. The number of hydrogen-bond acceptors (Lipinski definition) is 4. The first kappa shape index (κ1) is 12.5. The fourth-order valence-corrected chi connectivity index (χ4v) is 2.46. The van der Waals surface area contributed by atoms with Crippen LogP contribution in [-0.4, -0.2) is 18.6 Å². The molecule has 0 bridgehead atoms. The molecule has 0 aromatic rings. The molecule has 0 unspecified atom stereocenters. The van der Waals surface area contributed by atoms with E-state index in [0.29, 0.717) is 12.6 Å². The second kappa shape index (κ2) is 4.94. The van der Waals surface area contributed by atoms with Gasteiger partial charge >= 0.3 is 5.97 Å². The summed E-state index contributed by atoms with van der Waals surface area (Å²) in [5, 5.41) is 0. The topological polar surface area (TPSA) is 64.3 Å². The Hall–Kier alpha value is -0.610. The first-order valence-corrected chi connectivity index (χ1v) is 5.64. The minimum absolute atomic E-state index is 0.0158. The molecule has 0 aliphatic heterocycles. The number of rotatable bonds is 3. The van der Waals surface area contributed by atoms with Crippen LogP contribution in [0.15, 0.2) is 0 Å². The Morgan fingerprint density at radius 2 is 2.20 bits per heavy atom. The lowest BCUT2D eigenvalue weighted by Gasteiger charge is -2.40. The summed E-state index contributed by atoms with van der Waals surface area (Å²) in [6.45, 7) is 6.53. The predicted octanol–water partition coefficient (Wildman–Crippen LogP) is 1.21. The zero-order valence-corrected chi connectivity index (χ0v) is 9.88. The van der Waals surface area contributed by atoms with Crippen molar-refractivity contribution < 1.29 is 9.53 Å². The molecule has 88 valence electrons. The number of nitrogens with two attached hydrogens (primary N) is 1. The Morgan fingerprint density at radius 3 is 2.67 bits per heavy atom. The van der Waals surface area contributed by atoms with E-state index >= 15 is 0 Å². The Kier molecular flexibility index (Phi) is 4.11. The number of esters is 1. The van der Waals surface area contributed by atoms with Crippen molar-refractivity contribution >= 4 is 5.97 Å². The third-order valence-electron chi connectivity index (χ3n) is 3.33. The van der Waals surface area contributed by atoms with Crippen LogP contribution in [0.4, 0.5) is 0 Å². The first-order chi connectivity index (χ1) is 7.01. The third-order valence-corrected chi connectivity index (χ3v) is 3.33. The fourth-order valence-electron chi connectivity index (χ4n) is 2.46. The van der Waals surface area contributed by atoms with Crippen LogP contribution in [-0.2, 0) is 9.53 Å². The summed E-state index contributed by atoms with van der Waals surface area (Å²) in [4.78, 5) is 11.7. The molecule has 4 heteroatoms. The van der Waals surface area contributed by atoms with Crippen LogP contribution in [0.25, 0.3) is 0 Å². The Labute approximate surface area is 91.5 Å². The summed E-state index contributed by atoms with van der Waals surface area (Å²) in [6, 6.07) is 0.325. The lowest BCUT2D eigenvalue weighted by atomic mass is 9.67. The molecule has 0 aromatic heterocycles. The van der Waals surface area contributed by atoms with Crippen molar-refractivity contribution in [2.24, 2.45) is 17.2 Å². The largest absolute Gasteiger partial charge is 0.466 e. The fraction of sp³-hybridized carbons (Fsp3) is 0.909. The van der Waals surface area contributed by atoms with E-state index in [1.54, 1.807) is 0 Å². The average molecular weight is 214 g/mol. The van der Waals surface area contributed by atoms with E-state index in [9.17, 15) is 4.79 Å². The monoisotopic (exact) mass is 214 g/mol. The van der Waals surface area contributed by atoms with Crippen molar-refractivity contribution in [3.63, 3.8) is 0 Å². The molecule has 0 saturated heterocycles. The minimum atomic E-state index is -0.0574. The zero-order valence-electron chi connectivity index (χ0n) is 9.88. The van der Waals surface area contributed by atoms with Crippen LogP contribution in [0, 0.1) is 11.3 Å². The second-order valence-corrected chi connectivity index (χ2v) is 4.94. The van der Waals surface area contributed by atoms with Crippen molar-refractivity contribution in [1.82, 2.24) is 5.43 Å². The molecule has 4 nitrogen and oxygen atoms in total. The maximum atomic E-state index is 11.7. The molecule has 1 aliphatic rings. The number of hydrazine groups is 1. The molecule has 1 aliphatic carbocycles. The Balaban J connectivity index is 2.63. The van der Waals surface area contributed by atoms with E-state index in [1.165, 1.54) is 0 Å². The van der Waals surface area contributed by atoms with Gasteiger partial charge in [-0.1, -0.05) is 13.8 Å². The molecular formula is C11H22N2O2. The van der Waals surface area contributed by atoms with Gasteiger partial charge in [0.1, 0.15) is 0 Å². The van der Waals surface area contributed by atoms with Gasteiger partial charge in [0.05, 0.1) is 12.5 Å². The van der Waals surface area contributed by atoms with E-state index in [1.807, 2.05) is 6.92 Å². The molecule has 1 rings (SSSR count). The van der Waals surface area contributed by atoms with Crippen LogP contribution < -0.4 is 11.3 Å². The summed E-state index contributed by atoms with van der Waals surface area (Å²) in [5.41, 5.74) is 2.77. The molecule has 0 radical (unpaired) electrons. The van der Waals surface area contributed by atoms with E-state index in [4.69, 9.17) is 10.6 Å². The van der Waals surface area contributed by atoms with Gasteiger partial charge < -0.3 is 4.74 Å². The van der Waals surface area contributed by atoms with Crippen molar-refractivity contribution in [3.05, 3.63) is 0 Å². The van der Waals surface area contributed by atoms with Crippen molar-refractivity contribution in [2.75, 3.05) is 6.61 Å². The smallest absolute Gasteiger partial charge is 0.309 e. The number of ether oxygens (including phenoxy) is 1. The van der Waals surface area contributed by atoms with Gasteiger partial charge in [0.2, 0.25) is 0 Å². The molecule has 15 heavy (non-hydrogen) atoms. The highest BCUT2D eigenvalue weighted by Crippen LogP contribution is 2.41. The summed E-state index contributed by atoms with van der Waals surface area (Å²) in [6.07, 6.45) is 2.73. The molecule has 2 atom stereocenters. The van der Waals surface area contributed by atoms with Crippen LogP contribution in [0.3, 0.4) is 0 Å². The van der Waals surface area contributed by atoms with Gasteiger partial charge in [0.15, 0.2) is 0 Å². The van der Waals surface area contributed by atoms with Gasteiger partial charge in [0, 0.05) is 6.04 Å². The highest BCUT2D eigenvalue weighted by Gasteiger charge is 2.41. The molecular weight excluding hydrogens is 192 g/mol. The van der Waals surface area contributed by atoms with Gasteiger partial charge in [-0.3, -0.25) is 16.1 Å². The Morgan fingerprint density at radius 1 is 1.53 bits per heavy atom. The zero-order chi connectivity index (χ0) is 11.5. The van der Waals surface area contributed by atoms with Gasteiger partial charge in [-0.25, -0.2) is 0 Å². The summed E-state index contributed by atoms with van der Waals surface area (Å²) < 4.78 is 5.10. The normalized spacial score (nSPS) is 29.9. The van der Waals surface area contributed by atoms with Gasteiger partial charge in [-0.15, -0.1) is 0 Å². The van der Waals surface area contributed by atoms with E-state index in [0.717, 1.165) is 19.3 Å². The van der Waals surface area contributed by atoms with Gasteiger partial charge in [-0.2, -0.15) is 0 Å². The van der Waals surface area contributed by atoms with Crippen LogP contribution in [0.5, 0.6) is 0 Å². The molecule has 1 fully saturated rings. The standard InChI is InChI=1S/C11H22N2O2/c1-4-15-10(14)9-6-5-8(13-12)7-11(9,2)3/h8-9,13H,4-7,12H2,1-3H3/t8-,9+/m1/s1. The minimum Gasteiger partial charge on any atom is -0.466 e. The first-order valence-electron chi connectivity index (χ1n) is 5.64. The van der Waals surface area contributed by atoms with E-state index in [-0.39, 0.29) is 17.3 Å². The highest BCUT2D eigenvalue weighted by molar-refractivity contribution is 5.73. The quantitative estimate of drug-likeness (QED) is 0.421. The molecule has 0 heterocycles. The lowest BCUT2D eigenvalue weighted by molar-refractivity contribution is -0.154. The highest BCUT2D eigenvalue weighted by atomic mass is 16.5. The van der Waals surface area contributed by atoms with Crippen molar-refractivity contribution in [1.29, 1.82) is 0 Å². The van der Waals surface area contributed by atoms with Crippen LogP contribution in [0.2, 0.25) is 0 Å². The SMILES string of the molecule is CCOC(=O)[C@@H]1CC[C@@H](NN)CC1(C)C. The summed E-state index contributed by atoms with van der Waals surface area (Å²) in [7, 11) is 0. The maximum absolute atomic E-state index is 11.7. The van der Waals surface area contributed by atoms with Crippen LogP contribution >= 0.6 is 0 Å². The maximum Gasteiger partial charge on any atom is 0.309 e. The third kappa shape index (κ3) is 2.92. The average Bonchev–Trinajstić information content (AvgIpc) is 2.16. The number of hydrogen-bond donors (Lipinski definition) is 2. The Bertz CT molecular complexity index is 229. The van der Waals surface area contributed by atoms with E-state index in [2.05, 4.69) is 19.3 Å².